The van der Waals surface area contributed by atoms with Gasteiger partial charge >= 0.3 is 0 Å². The topological polar surface area (TPSA) is 90.5 Å². The Bertz CT molecular complexity index is 755. The van der Waals surface area contributed by atoms with E-state index in [-0.39, 0.29) is 18.3 Å². The van der Waals surface area contributed by atoms with Crippen LogP contribution in [0.25, 0.3) is 0 Å². The number of fused-ring (bicyclic) bond motifs is 1. The van der Waals surface area contributed by atoms with Crippen LogP contribution in [0.3, 0.4) is 0 Å². The molecule has 0 aromatic heterocycles. The second-order valence-corrected chi connectivity index (χ2v) is 6.13. The number of carbonyl (C=O) groups is 2. The zero-order valence-corrected chi connectivity index (χ0v) is 15.0. The molecule has 2 amide bonds. The maximum Gasteiger partial charge on any atom is 0.266 e. The van der Waals surface area contributed by atoms with Crippen molar-refractivity contribution in [2.75, 3.05) is 0 Å². The normalized spacial score (nSPS) is 16.6. The van der Waals surface area contributed by atoms with E-state index in [1.807, 2.05) is 54.6 Å². The molecule has 7 heteroatoms. The second-order valence-electron chi connectivity index (χ2n) is 6.13. The number of hydroxylamine groups is 1. The molecule has 2 aromatic carbocycles. The van der Waals surface area contributed by atoms with Crippen LogP contribution in [-0.2, 0) is 29.0 Å². The first-order chi connectivity index (χ1) is 12.2. The van der Waals surface area contributed by atoms with Gasteiger partial charge in [-0.05, 0) is 23.1 Å². The molecule has 1 aliphatic heterocycles. The van der Waals surface area contributed by atoms with Gasteiger partial charge in [0.25, 0.3) is 5.91 Å². The average Bonchev–Trinajstić information content (AvgIpc) is 2.67. The minimum Gasteiger partial charge on any atom is -0.343 e. The second kappa shape index (κ2) is 9.33. The Morgan fingerprint density at radius 2 is 1.73 bits per heavy atom. The Morgan fingerprint density at radius 1 is 1.08 bits per heavy atom. The summed E-state index contributed by atoms with van der Waals surface area (Å²) in [5.41, 5.74) is 4.85. The van der Waals surface area contributed by atoms with Crippen molar-refractivity contribution in [2.45, 2.75) is 31.5 Å². The van der Waals surface area contributed by atoms with Crippen molar-refractivity contribution in [3.05, 3.63) is 71.3 Å². The highest BCUT2D eigenvalue weighted by atomic mass is 35.5. The summed E-state index contributed by atoms with van der Waals surface area (Å²) in [6, 6.07) is 16.1. The Labute approximate surface area is 158 Å². The molecule has 0 radical (unpaired) electrons. The fourth-order valence-electron chi connectivity index (χ4n) is 3.05. The van der Waals surface area contributed by atoms with Gasteiger partial charge in [0.1, 0.15) is 6.04 Å². The van der Waals surface area contributed by atoms with Crippen molar-refractivity contribution in [2.24, 2.45) is 0 Å². The van der Waals surface area contributed by atoms with Crippen molar-refractivity contribution in [1.29, 1.82) is 0 Å². The molecule has 1 aliphatic rings. The van der Waals surface area contributed by atoms with Gasteiger partial charge in [-0.25, -0.2) is 5.48 Å². The summed E-state index contributed by atoms with van der Waals surface area (Å²) in [6.45, 7) is 0.615. The molecule has 0 saturated heterocycles. The Hall–Kier alpha value is -2.41. The summed E-state index contributed by atoms with van der Waals surface area (Å²) in [6.07, 6.45) is 0.878. The largest absolute Gasteiger partial charge is 0.343 e. The molecule has 0 bridgehead atoms. The molecule has 0 aliphatic carbocycles. The van der Waals surface area contributed by atoms with E-state index in [1.165, 1.54) is 5.56 Å². The van der Waals surface area contributed by atoms with Gasteiger partial charge in [0.15, 0.2) is 0 Å². The number of rotatable bonds is 5. The minimum atomic E-state index is -0.834. The van der Waals surface area contributed by atoms with Crippen LogP contribution in [0.15, 0.2) is 54.6 Å². The third-order valence-corrected chi connectivity index (χ3v) is 4.42. The van der Waals surface area contributed by atoms with Crippen LogP contribution in [-0.4, -0.2) is 29.1 Å². The van der Waals surface area contributed by atoms with Gasteiger partial charge in [0.05, 0.1) is 6.04 Å². The first-order valence-electron chi connectivity index (χ1n) is 8.26. The van der Waals surface area contributed by atoms with Gasteiger partial charge in [0, 0.05) is 13.0 Å². The number of hydrogen-bond donors (Lipinski definition) is 4. The summed E-state index contributed by atoms with van der Waals surface area (Å²) in [4.78, 5) is 24.5. The van der Waals surface area contributed by atoms with E-state index in [0.29, 0.717) is 19.4 Å². The number of benzene rings is 2. The number of amides is 2. The molecule has 0 spiro atoms. The van der Waals surface area contributed by atoms with Crippen LogP contribution >= 0.6 is 12.4 Å². The molecule has 0 fully saturated rings. The lowest BCUT2D eigenvalue weighted by Crippen LogP contribution is -2.54. The molecule has 2 aromatic rings. The smallest absolute Gasteiger partial charge is 0.266 e. The SMILES string of the molecule is Cl.O=C(N[C@@H](Cc1ccccc1)C(=O)NO)[C@@H]1Cc2ccccc2CN1. The molecule has 6 nitrogen and oxygen atoms in total. The molecular weight excluding hydrogens is 354 g/mol. The van der Waals surface area contributed by atoms with Crippen molar-refractivity contribution in [3.8, 4) is 0 Å². The molecule has 4 N–H and O–H groups in total. The lowest BCUT2D eigenvalue weighted by atomic mass is 9.95. The predicted molar refractivity (Wildman–Crippen MR) is 100 cm³/mol. The minimum absolute atomic E-state index is 0. The summed E-state index contributed by atoms with van der Waals surface area (Å²) < 4.78 is 0. The molecule has 0 saturated carbocycles. The van der Waals surface area contributed by atoms with Gasteiger partial charge in [-0.1, -0.05) is 54.6 Å². The molecule has 0 unspecified atom stereocenters. The number of nitrogens with one attached hydrogen (secondary N) is 3. The lowest BCUT2D eigenvalue weighted by molar-refractivity contribution is -0.135. The van der Waals surface area contributed by atoms with Crippen LogP contribution < -0.4 is 16.1 Å². The first kappa shape index (κ1) is 19.9. The number of halogens is 1. The van der Waals surface area contributed by atoms with E-state index >= 15 is 0 Å². The molecule has 2 atom stereocenters. The van der Waals surface area contributed by atoms with Crippen molar-refractivity contribution < 1.29 is 14.8 Å². The zero-order chi connectivity index (χ0) is 17.6. The molecule has 138 valence electrons. The molecule has 1 heterocycles. The van der Waals surface area contributed by atoms with E-state index in [0.717, 1.165) is 11.1 Å². The van der Waals surface area contributed by atoms with Gasteiger partial charge in [-0.2, -0.15) is 0 Å². The monoisotopic (exact) mass is 375 g/mol. The first-order valence-corrected chi connectivity index (χ1v) is 8.26. The molecule has 26 heavy (non-hydrogen) atoms. The van der Waals surface area contributed by atoms with Crippen LogP contribution in [0, 0.1) is 0 Å². The Balaban J connectivity index is 0.00000243. The summed E-state index contributed by atoms with van der Waals surface area (Å²) in [5, 5.41) is 14.9. The van der Waals surface area contributed by atoms with Gasteiger partial charge in [0.2, 0.25) is 5.91 Å². The third-order valence-electron chi connectivity index (χ3n) is 4.42. The maximum atomic E-state index is 12.6. The van der Waals surface area contributed by atoms with Crippen LogP contribution in [0.2, 0.25) is 0 Å². The van der Waals surface area contributed by atoms with Crippen LogP contribution in [0.5, 0.6) is 0 Å². The highest BCUT2D eigenvalue weighted by Gasteiger charge is 2.28. The van der Waals surface area contributed by atoms with E-state index in [1.54, 1.807) is 5.48 Å². The highest BCUT2D eigenvalue weighted by Crippen LogP contribution is 2.16. The zero-order valence-electron chi connectivity index (χ0n) is 14.1. The lowest BCUT2D eigenvalue weighted by Gasteiger charge is -2.27. The third kappa shape index (κ3) is 4.82. The molecule has 3 rings (SSSR count). The van der Waals surface area contributed by atoms with Crippen LogP contribution in [0.1, 0.15) is 16.7 Å². The highest BCUT2D eigenvalue weighted by molar-refractivity contribution is 5.89. The fraction of sp³-hybridized carbons (Fsp3) is 0.263. The van der Waals surface area contributed by atoms with E-state index < -0.39 is 18.0 Å². The molecular formula is C19H22ClN3O3. The number of hydrogen-bond acceptors (Lipinski definition) is 4. The summed E-state index contributed by atoms with van der Waals surface area (Å²) in [7, 11) is 0. The van der Waals surface area contributed by atoms with Crippen molar-refractivity contribution in [3.63, 3.8) is 0 Å². The summed E-state index contributed by atoms with van der Waals surface area (Å²) in [5.74, 6) is -0.882. The Kier molecular flexibility index (Phi) is 7.15. The standard InChI is InChI=1S/C19H21N3O3.ClH/c23-18(16-11-14-8-4-5-9-15(14)12-20-16)21-17(19(24)22-25)10-13-6-2-1-3-7-13;/h1-9,16-17,20,25H,10-12H2,(H,21,23)(H,22,24);1H/t16-,17-;/m0./s1. The van der Waals surface area contributed by atoms with Gasteiger partial charge < -0.3 is 10.6 Å². The summed E-state index contributed by atoms with van der Waals surface area (Å²) >= 11 is 0. The van der Waals surface area contributed by atoms with E-state index in [4.69, 9.17) is 5.21 Å². The number of carbonyl (C=O) groups excluding carboxylic acids is 2. The fourth-order valence-corrected chi connectivity index (χ4v) is 3.05. The van der Waals surface area contributed by atoms with Crippen molar-refractivity contribution >= 4 is 24.2 Å². The van der Waals surface area contributed by atoms with Gasteiger partial charge in [-0.3, -0.25) is 14.8 Å². The van der Waals surface area contributed by atoms with Crippen LogP contribution in [0.4, 0.5) is 0 Å². The quantitative estimate of drug-likeness (QED) is 0.469. The maximum absolute atomic E-state index is 12.6. The average molecular weight is 376 g/mol. The van der Waals surface area contributed by atoms with Crippen molar-refractivity contribution in [1.82, 2.24) is 16.1 Å². The Morgan fingerprint density at radius 3 is 2.42 bits per heavy atom. The van der Waals surface area contributed by atoms with E-state index in [2.05, 4.69) is 10.6 Å². The van der Waals surface area contributed by atoms with E-state index in [9.17, 15) is 9.59 Å². The predicted octanol–water partition coefficient (Wildman–Crippen LogP) is 1.36. The van der Waals surface area contributed by atoms with Gasteiger partial charge in [-0.15, -0.1) is 12.4 Å².